The van der Waals surface area contributed by atoms with Crippen molar-refractivity contribution >= 4 is 17.4 Å². The Labute approximate surface area is 101 Å². The lowest BCUT2D eigenvalue weighted by atomic mass is 10.0. The van der Waals surface area contributed by atoms with E-state index in [0.29, 0.717) is 10.7 Å². The second-order valence-electron chi connectivity index (χ2n) is 5.15. The summed E-state index contributed by atoms with van der Waals surface area (Å²) in [5.74, 6) is 1.84. The molecule has 2 aliphatic rings. The highest BCUT2D eigenvalue weighted by Gasteiger charge is 2.53. The summed E-state index contributed by atoms with van der Waals surface area (Å²) in [5, 5.41) is 3.75. The Bertz CT molecular complexity index is 390. The fraction of sp³-hybridized carbons (Fsp3) is 0.667. The second kappa shape index (κ2) is 3.59. The van der Waals surface area contributed by atoms with E-state index in [9.17, 15) is 0 Å². The summed E-state index contributed by atoms with van der Waals surface area (Å²) in [6.07, 6.45) is 5.60. The van der Waals surface area contributed by atoms with Gasteiger partial charge in [0.25, 0.3) is 0 Å². The van der Waals surface area contributed by atoms with E-state index in [-0.39, 0.29) is 0 Å². The molecule has 0 atom stereocenters. The van der Waals surface area contributed by atoms with Gasteiger partial charge in [-0.25, -0.2) is 9.97 Å². The molecule has 1 aromatic heterocycles. The zero-order valence-corrected chi connectivity index (χ0v) is 10.2. The molecule has 0 amide bonds. The van der Waals surface area contributed by atoms with Gasteiger partial charge in [0.2, 0.25) is 5.28 Å². The molecule has 2 fully saturated rings. The van der Waals surface area contributed by atoms with Gasteiger partial charge in [0.1, 0.15) is 5.82 Å². The van der Waals surface area contributed by atoms with Crippen molar-refractivity contribution in [1.29, 1.82) is 0 Å². The first-order valence-electron chi connectivity index (χ1n) is 5.93. The first kappa shape index (κ1) is 10.3. The molecule has 0 aromatic carbocycles. The molecule has 1 aromatic rings. The summed E-state index contributed by atoms with van der Waals surface area (Å²) >= 11 is 5.83. The van der Waals surface area contributed by atoms with E-state index in [2.05, 4.69) is 15.3 Å². The fourth-order valence-electron chi connectivity index (χ4n) is 2.48. The summed E-state index contributed by atoms with van der Waals surface area (Å²) in [4.78, 5) is 8.24. The number of hydrogen-bond acceptors (Lipinski definition) is 3. The van der Waals surface area contributed by atoms with Crippen LogP contribution in [0, 0.1) is 18.3 Å². The Morgan fingerprint density at radius 3 is 2.75 bits per heavy atom. The topological polar surface area (TPSA) is 37.8 Å². The summed E-state index contributed by atoms with van der Waals surface area (Å²) in [6.45, 7) is 2.98. The van der Waals surface area contributed by atoms with Crippen LogP contribution in [-0.4, -0.2) is 16.5 Å². The lowest BCUT2D eigenvalue weighted by Gasteiger charge is -2.15. The van der Waals surface area contributed by atoms with E-state index in [1.165, 1.54) is 25.7 Å². The van der Waals surface area contributed by atoms with Crippen LogP contribution >= 0.6 is 11.6 Å². The SMILES string of the molecule is Cc1cc(NCC2(C3CC3)CC2)nc(Cl)n1. The molecule has 0 saturated heterocycles. The average molecular weight is 238 g/mol. The minimum Gasteiger partial charge on any atom is -0.369 e. The maximum Gasteiger partial charge on any atom is 0.224 e. The quantitative estimate of drug-likeness (QED) is 0.818. The zero-order valence-electron chi connectivity index (χ0n) is 9.46. The van der Waals surface area contributed by atoms with Gasteiger partial charge in [-0.2, -0.15) is 0 Å². The van der Waals surface area contributed by atoms with Gasteiger partial charge in [-0.1, -0.05) is 0 Å². The number of nitrogens with zero attached hydrogens (tertiary/aromatic N) is 2. The molecule has 3 nitrogen and oxygen atoms in total. The van der Waals surface area contributed by atoms with Crippen LogP contribution in [0.2, 0.25) is 5.28 Å². The van der Waals surface area contributed by atoms with Crippen molar-refractivity contribution < 1.29 is 0 Å². The van der Waals surface area contributed by atoms with Crippen LogP contribution in [0.15, 0.2) is 6.07 Å². The highest BCUT2D eigenvalue weighted by atomic mass is 35.5. The number of aromatic nitrogens is 2. The van der Waals surface area contributed by atoms with Crippen molar-refractivity contribution in [3.63, 3.8) is 0 Å². The van der Waals surface area contributed by atoms with Gasteiger partial charge < -0.3 is 5.32 Å². The van der Waals surface area contributed by atoms with Crippen molar-refractivity contribution in [2.45, 2.75) is 32.6 Å². The molecule has 0 aliphatic heterocycles. The van der Waals surface area contributed by atoms with E-state index in [1.807, 2.05) is 13.0 Å². The Morgan fingerprint density at radius 1 is 1.44 bits per heavy atom. The van der Waals surface area contributed by atoms with Gasteiger partial charge in [-0.05, 0) is 55.5 Å². The van der Waals surface area contributed by atoms with E-state index < -0.39 is 0 Å². The van der Waals surface area contributed by atoms with Crippen LogP contribution in [0.25, 0.3) is 0 Å². The third-order valence-electron chi connectivity index (χ3n) is 3.78. The van der Waals surface area contributed by atoms with Gasteiger partial charge in [-0.3, -0.25) is 0 Å². The first-order valence-corrected chi connectivity index (χ1v) is 6.31. The molecule has 4 heteroatoms. The summed E-state index contributed by atoms with van der Waals surface area (Å²) in [6, 6.07) is 1.95. The minimum absolute atomic E-state index is 0.332. The van der Waals surface area contributed by atoms with Crippen LogP contribution in [0.3, 0.4) is 0 Å². The molecule has 86 valence electrons. The Balaban J connectivity index is 1.65. The maximum atomic E-state index is 5.83. The molecular weight excluding hydrogens is 222 g/mol. The molecule has 3 rings (SSSR count). The number of nitrogens with one attached hydrogen (secondary N) is 1. The molecule has 2 saturated carbocycles. The van der Waals surface area contributed by atoms with E-state index in [4.69, 9.17) is 11.6 Å². The molecular formula is C12H16ClN3. The largest absolute Gasteiger partial charge is 0.369 e. The smallest absolute Gasteiger partial charge is 0.224 e. The molecule has 0 bridgehead atoms. The molecule has 1 heterocycles. The van der Waals surface area contributed by atoms with E-state index in [1.54, 1.807) is 0 Å². The fourth-order valence-corrected chi connectivity index (χ4v) is 2.70. The highest BCUT2D eigenvalue weighted by Crippen LogP contribution is 2.61. The zero-order chi connectivity index (χ0) is 11.2. The van der Waals surface area contributed by atoms with Crippen molar-refractivity contribution in [2.75, 3.05) is 11.9 Å². The van der Waals surface area contributed by atoms with Crippen molar-refractivity contribution in [3.8, 4) is 0 Å². The molecule has 0 unspecified atom stereocenters. The van der Waals surface area contributed by atoms with Crippen molar-refractivity contribution in [3.05, 3.63) is 17.0 Å². The number of aryl methyl sites for hydroxylation is 1. The van der Waals surface area contributed by atoms with Gasteiger partial charge in [0.15, 0.2) is 0 Å². The van der Waals surface area contributed by atoms with Gasteiger partial charge in [0.05, 0.1) is 0 Å². The summed E-state index contributed by atoms with van der Waals surface area (Å²) in [5.41, 5.74) is 1.50. The van der Waals surface area contributed by atoms with Crippen molar-refractivity contribution in [1.82, 2.24) is 9.97 Å². The molecule has 1 N–H and O–H groups in total. The number of halogens is 1. The van der Waals surface area contributed by atoms with Gasteiger partial charge in [-0.15, -0.1) is 0 Å². The maximum absolute atomic E-state index is 5.83. The van der Waals surface area contributed by atoms with E-state index in [0.717, 1.165) is 24.0 Å². The van der Waals surface area contributed by atoms with Gasteiger partial charge >= 0.3 is 0 Å². The number of anilines is 1. The first-order chi connectivity index (χ1) is 7.68. The standard InChI is InChI=1S/C12H16ClN3/c1-8-6-10(16-11(13)15-8)14-7-12(4-5-12)9-2-3-9/h6,9H,2-5,7H2,1H3,(H,14,15,16). The number of hydrogen-bond donors (Lipinski definition) is 1. The summed E-state index contributed by atoms with van der Waals surface area (Å²) in [7, 11) is 0. The number of rotatable bonds is 4. The third-order valence-corrected chi connectivity index (χ3v) is 3.95. The molecule has 0 radical (unpaired) electrons. The second-order valence-corrected chi connectivity index (χ2v) is 5.49. The molecule has 2 aliphatic carbocycles. The Hall–Kier alpha value is -0.830. The lowest BCUT2D eigenvalue weighted by Crippen LogP contribution is -2.18. The minimum atomic E-state index is 0.332. The lowest BCUT2D eigenvalue weighted by molar-refractivity contribution is 0.466. The Morgan fingerprint density at radius 2 is 2.19 bits per heavy atom. The van der Waals surface area contributed by atoms with Crippen LogP contribution in [-0.2, 0) is 0 Å². The third kappa shape index (κ3) is 2.01. The summed E-state index contributed by atoms with van der Waals surface area (Å²) < 4.78 is 0. The highest BCUT2D eigenvalue weighted by molar-refractivity contribution is 6.28. The van der Waals surface area contributed by atoms with Crippen LogP contribution in [0.5, 0.6) is 0 Å². The van der Waals surface area contributed by atoms with Gasteiger partial charge in [0, 0.05) is 18.3 Å². The molecule has 16 heavy (non-hydrogen) atoms. The predicted molar refractivity (Wildman–Crippen MR) is 64.7 cm³/mol. The van der Waals surface area contributed by atoms with E-state index >= 15 is 0 Å². The molecule has 0 spiro atoms. The van der Waals surface area contributed by atoms with Crippen LogP contribution in [0.4, 0.5) is 5.82 Å². The predicted octanol–water partition coefficient (Wildman–Crippen LogP) is 3.04. The van der Waals surface area contributed by atoms with Crippen LogP contribution in [0.1, 0.15) is 31.4 Å². The Kier molecular flexibility index (Phi) is 2.32. The van der Waals surface area contributed by atoms with Crippen LogP contribution < -0.4 is 5.32 Å². The average Bonchev–Trinajstić information content (AvgIpc) is 3.07. The van der Waals surface area contributed by atoms with Crippen molar-refractivity contribution in [2.24, 2.45) is 11.3 Å². The normalized spacial score (nSPS) is 21.9. The monoisotopic (exact) mass is 237 g/mol.